The Hall–Kier alpha value is -15.0. The van der Waals surface area contributed by atoms with E-state index in [1.54, 1.807) is 0 Å². The van der Waals surface area contributed by atoms with E-state index < -0.39 is 0 Å². The van der Waals surface area contributed by atoms with Gasteiger partial charge in [-0.3, -0.25) is 0 Å². The molecule has 3 heteroatoms. The van der Waals surface area contributed by atoms with Crippen LogP contribution in [-0.2, 0) is 0 Å². The average Bonchev–Trinajstić information content (AvgIpc) is 0.725. The van der Waals surface area contributed by atoms with E-state index in [9.17, 15) is 0 Å². The zero-order valence-electron chi connectivity index (χ0n) is 62.6. The first kappa shape index (κ1) is 69.4. The van der Waals surface area contributed by atoms with E-state index in [1.807, 2.05) is 0 Å². The van der Waals surface area contributed by atoms with Crippen molar-refractivity contribution < 1.29 is 0 Å². The minimum absolute atomic E-state index is 0.532. The highest BCUT2D eigenvalue weighted by atomic mass is 15.0. The molecule has 0 aliphatic carbocycles. The van der Waals surface area contributed by atoms with Crippen LogP contribution in [0, 0.1) is 0 Å². The minimum atomic E-state index is 0.532. The molecular formula is C111H75N3. The third kappa shape index (κ3) is 14.9. The first-order valence-corrected chi connectivity index (χ1v) is 38.9. The average molecular weight is 1450 g/mol. The van der Waals surface area contributed by atoms with Gasteiger partial charge in [0.1, 0.15) is 0 Å². The summed E-state index contributed by atoms with van der Waals surface area (Å²) in [7, 11) is 0. The highest BCUT2D eigenvalue weighted by molar-refractivity contribution is 5.98. The van der Waals surface area contributed by atoms with Gasteiger partial charge in [0.25, 0.3) is 0 Å². The lowest BCUT2D eigenvalue weighted by molar-refractivity contribution is 1.07. The van der Waals surface area contributed by atoms with Gasteiger partial charge in [-0.2, -0.15) is 0 Å². The van der Waals surface area contributed by atoms with Gasteiger partial charge in [-0.25, -0.2) is 15.0 Å². The first-order chi connectivity index (χ1) is 56.4. The van der Waals surface area contributed by atoms with Gasteiger partial charge in [0.2, 0.25) is 0 Å². The summed E-state index contributed by atoms with van der Waals surface area (Å²) >= 11 is 0. The topological polar surface area (TPSA) is 38.7 Å². The summed E-state index contributed by atoms with van der Waals surface area (Å²) in [5.41, 5.74) is 35.5. The first-order valence-electron chi connectivity index (χ1n) is 38.9. The van der Waals surface area contributed by atoms with Crippen LogP contribution in [-0.4, -0.2) is 15.0 Å². The van der Waals surface area contributed by atoms with Crippen LogP contribution in [0.2, 0.25) is 0 Å². The fourth-order valence-electron chi connectivity index (χ4n) is 15.9. The van der Waals surface area contributed by atoms with Gasteiger partial charge in [0, 0.05) is 16.7 Å². The Morgan fingerprint density at radius 2 is 0.263 bits per heavy atom. The molecule has 534 valence electrons. The molecule has 3 nitrogen and oxygen atoms in total. The molecule has 0 aliphatic heterocycles. The zero-order valence-corrected chi connectivity index (χ0v) is 62.6. The van der Waals surface area contributed by atoms with Crippen LogP contribution in [0.3, 0.4) is 0 Å². The van der Waals surface area contributed by atoms with Crippen molar-refractivity contribution >= 4 is 0 Å². The van der Waals surface area contributed by atoms with Crippen LogP contribution in [0.25, 0.3) is 201 Å². The Morgan fingerprint density at radius 1 is 0.0877 bits per heavy atom. The number of nitrogens with zero attached hydrogens (tertiary/aromatic N) is 3. The number of hydrogen-bond acceptors (Lipinski definition) is 3. The van der Waals surface area contributed by atoms with E-state index in [-0.39, 0.29) is 0 Å². The van der Waals surface area contributed by atoms with Crippen molar-refractivity contribution in [3.8, 4) is 201 Å². The summed E-state index contributed by atoms with van der Waals surface area (Å²) in [6.07, 6.45) is 0. The Morgan fingerprint density at radius 3 is 0.544 bits per heavy atom. The van der Waals surface area contributed by atoms with Crippen molar-refractivity contribution in [1.82, 2.24) is 15.0 Å². The smallest absolute Gasteiger partial charge is 0.164 e. The molecule has 0 saturated carbocycles. The van der Waals surface area contributed by atoms with Gasteiger partial charge in [0.05, 0.1) is 0 Å². The second-order valence-corrected chi connectivity index (χ2v) is 29.1. The lowest BCUT2D eigenvalue weighted by Gasteiger charge is -2.20. The van der Waals surface area contributed by atoms with Gasteiger partial charge in [-0.1, -0.05) is 352 Å². The number of hydrogen-bond donors (Lipinski definition) is 0. The van der Waals surface area contributed by atoms with E-state index in [0.717, 1.165) is 172 Å². The summed E-state index contributed by atoms with van der Waals surface area (Å²) in [6.45, 7) is 0. The number of benzene rings is 18. The van der Waals surface area contributed by atoms with E-state index in [1.165, 1.54) is 11.1 Å². The van der Waals surface area contributed by atoms with Gasteiger partial charge in [0.15, 0.2) is 17.5 Å². The van der Waals surface area contributed by atoms with Crippen LogP contribution in [0.15, 0.2) is 455 Å². The monoisotopic (exact) mass is 1450 g/mol. The maximum Gasteiger partial charge on any atom is 0.164 e. The number of rotatable bonds is 18. The van der Waals surface area contributed by atoms with Crippen LogP contribution in [0.5, 0.6) is 0 Å². The van der Waals surface area contributed by atoms with Crippen LogP contribution < -0.4 is 0 Å². The van der Waals surface area contributed by atoms with E-state index >= 15 is 0 Å². The fraction of sp³-hybridized carbons (Fsp3) is 0. The maximum absolute atomic E-state index is 5.75. The highest BCUT2D eigenvalue weighted by Crippen LogP contribution is 2.47. The molecule has 114 heavy (non-hydrogen) atoms. The Labute approximate surface area is 666 Å². The molecule has 0 N–H and O–H groups in total. The van der Waals surface area contributed by atoms with Crippen molar-refractivity contribution in [2.24, 2.45) is 0 Å². The molecule has 1 aromatic heterocycles. The molecule has 0 fully saturated rings. The third-order valence-electron chi connectivity index (χ3n) is 21.6. The highest BCUT2D eigenvalue weighted by Gasteiger charge is 2.23. The van der Waals surface area contributed by atoms with Gasteiger partial charge in [-0.15, -0.1) is 0 Å². The van der Waals surface area contributed by atoms with Crippen molar-refractivity contribution in [1.29, 1.82) is 0 Å². The summed E-state index contributed by atoms with van der Waals surface area (Å²) in [5, 5.41) is 0. The quantitative estimate of drug-likeness (QED) is 0.0859. The normalized spacial score (nSPS) is 11.2. The van der Waals surface area contributed by atoms with E-state index in [2.05, 4.69) is 455 Å². The lowest BCUT2D eigenvalue weighted by atomic mass is 9.85. The zero-order chi connectivity index (χ0) is 75.9. The Bertz CT molecular complexity index is 6200. The molecule has 19 aromatic rings. The summed E-state index contributed by atoms with van der Waals surface area (Å²) in [5.74, 6) is 1.63. The third-order valence-corrected chi connectivity index (χ3v) is 21.6. The number of aromatic nitrogens is 3. The molecule has 0 unspecified atom stereocenters. The Kier molecular flexibility index (Phi) is 19.2. The van der Waals surface area contributed by atoms with Crippen molar-refractivity contribution in [3.05, 3.63) is 455 Å². The molecule has 18 aromatic carbocycles. The standard InChI is InChI=1S/C111H75N3/c1-9-31-76(32-10-1)84-47-27-51-88(59-84)97-65-98(89-52-28-48-85(60-89)77-33-11-2-12-34-77)68-101(67-97)105-55-25-26-56-106(105)107-58-57-92(75-108(107)102-69-99(90-53-29-49-86(61-90)78-35-13-3-14-36-78)66-100(70-102)91-54-30-50-87(62-91)79-37-15-4-16-38-79)109-112-110(103-71-93(80-39-17-5-18-40-80)63-94(72-103)81-41-19-6-20-42-81)114-111(113-109)104-73-95(82-43-21-7-22-44-82)64-96(74-104)83-45-23-8-24-46-83/h1-75H. The molecule has 0 amide bonds. The summed E-state index contributed by atoms with van der Waals surface area (Å²) in [6, 6.07) is 165. The molecule has 19 rings (SSSR count). The molecule has 0 saturated heterocycles. The molecule has 0 bridgehead atoms. The maximum atomic E-state index is 5.75. The molecule has 0 aliphatic rings. The van der Waals surface area contributed by atoms with Crippen molar-refractivity contribution in [2.45, 2.75) is 0 Å². The van der Waals surface area contributed by atoms with Crippen LogP contribution in [0.4, 0.5) is 0 Å². The molecular weight excluding hydrogens is 1380 g/mol. The minimum Gasteiger partial charge on any atom is -0.208 e. The molecule has 1 heterocycles. The van der Waals surface area contributed by atoms with Gasteiger partial charge >= 0.3 is 0 Å². The largest absolute Gasteiger partial charge is 0.208 e. The van der Waals surface area contributed by atoms with Gasteiger partial charge in [-0.05, 0) is 270 Å². The van der Waals surface area contributed by atoms with E-state index in [4.69, 9.17) is 15.0 Å². The molecule has 0 radical (unpaired) electrons. The van der Waals surface area contributed by atoms with Crippen molar-refractivity contribution in [3.63, 3.8) is 0 Å². The predicted molar refractivity (Wildman–Crippen MR) is 478 cm³/mol. The SMILES string of the molecule is c1ccc(-c2cccc(-c3cc(-c4cccc(-c5ccccc5)c4)cc(-c4ccccc4-c4ccc(-c5nc(-c6cc(-c7ccccc7)cc(-c7ccccc7)c6)nc(-c6cc(-c7ccccc7)cc(-c7ccccc7)c6)n5)cc4-c4cc(-c5cccc(-c6ccccc6)c5)cc(-c5cccc(-c6ccccc6)c5)c4)c3)c2)cc1. The van der Waals surface area contributed by atoms with Crippen LogP contribution in [0.1, 0.15) is 0 Å². The van der Waals surface area contributed by atoms with Gasteiger partial charge < -0.3 is 0 Å². The summed E-state index contributed by atoms with van der Waals surface area (Å²) < 4.78 is 0. The van der Waals surface area contributed by atoms with E-state index in [0.29, 0.717) is 17.5 Å². The molecule has 0 spiro atoms. The second kappa shape index (κ2) is 31.5. The lowest BCUT2D eigenvalue weighted by Crippen LogP contribution is -2.02. The predicted octanol–water partition coefficient (Wildman–Crippen LogP) is 29.9. The van der Waals surface area contributed by atoms with Crippen molar-refractivity contribution in [2.75, 3.05) is 0 Å². The summed E-state index contributed by atoms with van der Waals surface area (Å²) in [4.78, 5) is 17.1. The fourth-order valence-corrected chi connectivity index (χ4v) is 15.9. The second-order valence-electron chi connectivity index (χ2n) is 29.1. The molecule has 0 atom stereocenters. The Balaban J connectivity index is 0.873. The van der Waals surface area contributed by atoms with Crippen LogP contribution >= 0.6 is 0 Å².